The summed E-state index contributed by atoms with van der Waals surface area (Å²) in [4.78, 5) is 47.6. The summed E-state index contributed by atoms with van der Waals surface area (Å²) in [5.74, 6) is 1.50. The van der Waals surface area contributed by atoms with Crippen molar-refractivity contribution >= 4 is 128 Å². The molecule has 134 heavy (non-hydrogen) atoms. The lowest BCUT2D eigenvalue weighted by atomic mass is 9.86. The van der Waals surface area contributed by atoms with Crippen LogP contribution in [0.1, 0.15) is 268 Å². The molecule has 4 aromatic heterocycles. The molecule has 0 saturated heterocycles. The molecule has 0 radical (unpaired) electrons. The molecule has 8 aromatic rings. The molecule has 0 saturated carbocycles. The monoisotopic (exact) mass is 1940 g/mol. The Kier molecular flexibility index (Phi) is 45.0. The molecule has 28 nitrogen and oxygen atoms in total. The van der Waals surface area contributed by atoms with Crippen LogP contribution in [0.2, 0.25) is 20.1 Å². The van der Waals surface area contributed by atoms with Crippen molar-refractivity contribution in [2.75, 3.05) is 52.9 Å². The van der Waals surface area contributed by atoms with Gasteiger partial charge in [-0.1, -0.05) is 274 Å². The van der Waals surface area contributed by atoms with Crippen molar-refractivity contribution in [2.45, 2.75) is 260 Å². The number of halogens is 5. The molecular formula is C101H129Cl5N12O16. The molecule has 0 aliphatic rings. The summed E-state index contributed by atoms with van der Waals surface area (Å²) in [7, 11) is 0. The molecule has 8 rings (SSSR count). The van der Waals surface area contributed by atoms with Gasteiger partial charge in [-0.05, 0) is 153 Å². The molecule has 0 aliphatic carbocycles. The van der Waals surface area contributed by atoms with Crippen LogP contribution >= 0.6 is 58.0 Å². The summed E-state index contributed by atoms with van der Waals surface area (Å²) in [6.45, 7) is 52.8. The van der Waals surface area contributed by atoms with Crippen LogP contribution in [-0.4, -0.2) is 123 Å². The quantitative estimate of drug-likeness (QED) is 0.00889. The van der Waals surface area contributed by atoms with Crippen LogP contribution in [0.3, 0.4) is 0 Å². The Balaban J connectivity index is 0.000000316. The average Bonchev–Trinajstić information content (AvgIpc) is 1.64. The number of rotatable bonds is 35. The maximum Gasteiger partial charge on any atom is 0.511 e. The summed E-state index contributed by atoms with van der Waals surface area (Å²) in [5.41, 5.74) is 12.2. The molecule has 0 bridgehead atoms. The number of aromatic nitrogens is 8. The minimum absolute atomic E-state index is 0.0142. The lowest BCUT2D eigenvalue weighted by Gasteiger charge is -2.19. The van der Waals surface area contributed by atoms with Crippen molar-refractivity contribution in [3.05, 3.63) is 207 Å². The Labute approximate surface area is 814 Å². The van der Waals surface area contributed by atoms with Crippen LogP contribution in [-0.2, 0) is 105 Å². The summed E-state index contributed by atoms with van der Waals surface area (Å²) < 4.78 is 70.4. The lowest BCUT2D eigenvalue weighted by molar-refractivity contribution is -0.0217. The number of carbonyl (C=O) groups excluding carboxylic acids is 4. The zero-order valence-corrected chi connectivity index (χ0v) is 85.9. The first-order valence-corrected chi connectivity index (χ1v) is 46.5. The van der Waals surface area contributed by atoms with Gasteiger partial charge in [-0.3, -0.25) is 18.7 Å². The Bertz CT molecular complexity index is 5550. The number of aryl methyl sites for hydroxylation is 8. The fourth-order valence-corrected chi connectivity index (χ4v) is 13.7. The second-order valence-corrected chi connectivity index (χ2v) is 37.5. The van der Waals surface area contributed by atoms with E-state index < -0.39 is 51.8 Å². The van der Waals surface area contributed by atoms with E-state index >= 15 is 0 Å². The molecule has 724 valence electrons. The summed E-state index contributed by atoms with van der Waals surface area (Å²) in [6.07, 6.45) is -0.459. The molecule has 0 fully saturated rings. The maximum atomic E-state index is 12.0. The first kappa shape index (κ1) is 113. The van der Waals surface area contributed by atoms with Crippen LogP contribution < -0.4 is 0 Å². The fourth-order valence-electron chi connectivity index (χ4n) is 12.8. The van der Waals surface area contributed by atoms with Crippen LogP contribution in [0, 0.1) is 84.9 Å². The van der Waals surface area contributed by atoms with Gasteiger partial charge in [0.05, 0.1) is 62.0 Å². The molecule has 0 spiro atoms. The molecule has 2 atom stereocenters. The topological polar surface area (TPSA) is 345 Å². The fraction of sp³-hybridized carbons (Fsp3) is 0.485. The third kappa shape index (κ3) is 32.9. The number of nitriles is 4. The largest absolute Gasteiger partial charge is 0.511 e. The predicted molar refractivity (Wildman–Crippen MR) is 524 cm³/mol. The first-order valence-electron chi connectivity index (χ1n) is 44.4. The van der Waals surface area contributed by atoms with Crippen molar-refractivity contribution in [1.29, 1.82) is 21.0 Å². The number of allylic oxidation sites excluding steroid dienone is 4. The van der Waals surface area contributed by atoms with E-state index in [-0.39, 0.29) is 105 Å². The summed E-state index contributed by atoms with van der Waals surface area (Å²) in [5, 5.41) is 59.5. The van der Waals surface area contributed by atoms with Gasteiger partial charge in [0.1, 0.15) is 82.1 Å². The number of hydrogen-bond acceptors (Lipinski definition) is 24. The van der Waals surface area contributed by atoms with Gasteiger partial charge in [0.25, 0.3) is 0 Å². The van der Waals surface area contributed by atoms with Crippen molar-refractivity contribution in [1.82, 2.24) is 39.1 Å². The van der Waals surface area contributed by atoms with E-state index in [1.165, 1.54) is 0 Å². The smallest absolute Gasteiger partial charge is 0.453 e. The Morgan fingerprint density at radius 3 is 0.821 bits per heavy atom. The third-order valence-electron chi connectivity index (χ3n) is 20.7. The zero-order chi connectivity index (χ0) is 100. The van der Waals surface area contributed by atoms with E-state index in [2.05, 4.69) is 128 Å². The van der Waals surface area contributed by atoms with Crippen LogP contribution in [0.25, 0.3) is 45.3 Å². The highest BCUT2D eigenvalue weighted by molar-refractivity contribution is 6.34. The molecular weight excluding hydrogens is 1810 g/mol. The minimum atomic E-state index is -0.927. The third-order valence-corrected chi connectivity index (χ3v) is 22.7. The summed E-state index contributed by atoms with van der Waals surface area (Å²) in [6, 6.07) is 39.7. The Hall–Kier alpha value is -11.6. The molecule has 4 aromatic carbocycles. The van der Waals surface area contributed by atoms with Crippen molar-refractivity contribution in [2.24, 2.45) is 11.8 Å². The second kappa shape index (κ2) is 53.5. The molecule has 33 heteroatoms. The molecule has 0 N–H and O–H groups in total. The van der Waals surface area contributed by atoms with E-state index in [1.807, 2.05) is 159 Å². The van der Waals surface area contributed by atoms with Gasteiger partial charge in [0.15, 0.2) is 23.0 Å². The van der Waals surface area contributed by atoms with Crippen molar-refractivity contribution in [3.63, 3.8) is 0 Å². The van der Waals surface area contributed by atoms with E-state index in [4.69, 9.17) is 115 Å². The number of carbonyl (C=O) groups is 4. The predicted octanol–water partition coefficient (Wildman–Crippen LogP) is 26.2. The Morgan fingerprint density at radius 1 is 0.358 bits per heavy atom. The number of hydrogen-bond donors (Lipinski definition) is 0. The van der Waals surface area contributed by atoms with Gasteiger partial charge in [-0.25, -0.2) is 19.2 Å². The number of ether oxygens (including phenoxy) is 12. The standard InChI is InChI=1S/3C26H34ClN3O4.C23H27Cl2N3O4/c1-8-30-23(22(27)18(4)29-30)24(33-16-34-25(31)32-14-13-17(2)3)21(15-28)19-9-11-20(12-10-19)26(5,6)7;1-8-17(3)15-32-25(31)34-16-33-24(23-22(27)18(4)29-30(23)9-2)21(14-28)19-10-12-20(13-11-19)26(5,6)7;1-8-10-17(3)34-25(31)33-16-32-24(23-22(27)18(4)29-30(23)9-2)21(15-28)19-11-13-20(14-12-19)26(5,6)7;1-6-28-20(19(25)15(2)27-28)21(31-14-32-22(29)30-12-11-24)18(13-26)16-7-9-17(10-8-16)23(3,4)5/h9-12,17H,8,13-14,16H2,1-7H3;10-13,17H,8-9,15-16H2,1-7H3;11-14,17H,8-10,16H2,1-7H3;7-10H,6,11-12,14H2,1-5H3/b3*24-21-;21-18-. The van der Waals surface area contributed by atoms with Gasteiger partial charge in [0, 0.05) is 26.2 Å². The van der Waals surface area contributed by atoms with E-state index in [9.17, 15) is 40.2 Å². The van der Waals surface area contributed by atoms with Crippen LogP contribution in [0.5, 0.6) is 0 Å². The van der Waals surface area contributed by atoms with Crippen molar-refractivity contribution in [3.8, 4) is 24.3 Å². The summed E-state index contributed by atoms with van der Waals surface area (Å²) >= 11 is 31.7. The van der Waals surface area contributed by atoms with Gasteiger partial charge < -0.3 is 56.8 Å². The van der Waals surface area contributed by atoms with Gasteiger partial charge >= 0.3 is 24.6 Å². The maximum absolute atomic E-state index is 12.0. The molecule has 0 aliphatic heterocycles. The van der Waals surface area contributed by atoms with E-state index in [0.29, 0.717) is 120 Å². The molecule has 2 unspecified atom stereocenters. The normalized spacial score (nSPS) is 12.6. The lowest BCUT2D eigenvalue weighted by Crippen LogP contribution is -2.17. The number of nitrogens with zero attached hydrogens (tertiary/aromatic N) is 12. The number of alkyl halides is 1. The van der Waals surface area contributed by atoms with Crippen molar-refractivity contribution < 1.29 is 76.0 Å². The minimum Gasteiger partial charge on any atom is -0.453 e. The first-order chi connectivity index (χ1) is 63.2. The highest BCUT2D eigenvalue weighted by Crippen LogP contribution is 2.41. The Morgan fingerprint density at radius 2 is 0.604 bits per heavy atom. The highest BCUT2D eigenvalue weighted by atomic mass is 35.5. The highest BCUT2D eigenvalue weighted by Gasteiger charge is 2.31. The van der Waals surface area contributed by atoms with E-state index in [1.54, 1.807) is 53.3 Å². The van der Waals surface area contributed by atoms with Crippen LogP contribution in [0.15, 0.2) is 97.1 Å². The zero-order valence-electron chi connectivity index (χ0n) is 82.1. The van der Waals surface area contributed by atoms with Crippen LogP contribution in [0.4, 0.5) is 19.2 Å². The van der Waals surface area contributed by atoms with Gasteiger partial charge in [-0.15, -0.1) is 11.6 Å². The SMILES string of the molecule is CCC(C)COC(=O)OCO/C(=C(/C#N)c1ccc(C(C)(C)C)cc1)c1c(Cl)c(C)nn1CC.CCCC(C)OC(=O)OCO/C(=C(/C#N)c1ccc(C(C)(C)C)cc1)c1c(Cl)c(C)nn1CC.CCn1nc(C)c(Cl)c1/C(OCOC(=O)OCCC(C)C)=C(\C#N)c1ccc(C(C)(C)C)cc1.CCn1nc(C)c(Cl)c1/C(OCOC(=O)OCCCl)=C(\C#N)c1ccc(C(C)(C)C)cc1. The van der Waals surface area contributed by atoms with E-state index in [0.717, 1.165) is 47.9 Å². The van der Waals surface area contributed by atoms with Gasteiger partial charge in [-0.2, -0.15) is 41.4 Å². The molecule has 0 amide bonds. The molecule has 4 heterocycles. The average molecular weight is 1940 g/mol. The number of benzene rings is 4. The van der Waals surface area contributed by atoms with Gasteiger partial charge in [0.2, 0.25) is 27.2 Å². The second-order valence-electron chi connectivity index (χ2n) is 35.6.